The van der Waals surface area contributed by atoms with Gasteiger partial charge in [0.25, 0.3) is 11.8 Å². The smallest absolute Gasteiger partial charge is 0.405 e. The van der Waals surface area contributed by atoms with Crippen molar-refractivity contribution in [3.05, 3.63) is 94.1 Å². The molecule has 0 fully saturated rings. The molecule has 15 nitrogen and oxygen atoms in total. The molecule has 0 radical (unpaired) electrons. The molecule has 6 N–H and O–H groups in total. The van der Waals surface area contributed by atoms with Crippen LogP contribution < -0.4 is 21.7 Å². The number of hydrogen-bond acceptors (Lipinski definition) is 12. The number of nitrogens with one attached hydrogen (secondary N) is 3. The average Bonchev–Trinajstić information content (AvgIpc) is 3.18. The Morgan fingerprint density at radius 3 is 2.43 bits per heavy atom. The summed E-state index contributed by atoms with van der Waals surface area (Å²) in [7, 11) is 2.90. The molecule has 58 heavy (non-hydrogen) atoms. The van der Waals surface area contributed by atoms with Crippen molar-refractivity contribution in [2.24, 2.45) is 22.7 Å². The first-order valence-corrected chi connectivity index (χ1v) is 19.1. The molecule has 3 amide bonds. The van der Waals surface area contributed by atoms with E-state index >= 15 is 0 Å². The zero-order chi connectivity index (χ0) is 42.8. The number of nitrogens with zero attached hydrogens (tertiary/aromatic N) is 1. The highest BCUT2D eigenvalue weighted by atomic mass is 19.1. The molecule has 2 aliphatic rings. The van der Waals surface area contributed by atoms with Gasteiger partial charge in [0.1, 0.15) is 11.9 Å². The Morgan fingerprint density at radius 2 is 1.76 bits per heavy atom. The number of aliphatic hydroxyl groups excluding tert-OH is 1. The van der Waals surface area contributed by atoms with Gasteiger partial charge in [-0.1, -0.05) is 55.4 Å². The van der Waals surface area contributed by atoms with E-state index in [9.17, 15) is 33.5 Å². The van der Waals surface area contributed by atoms with E-state index < -0.39 is 53.9 Å². The number of unbranched alkanes of at least 4 members (excludes halogenated alkanes) is 2. The maximum Gasteiger partial charge on any atom is 0.405 e. The van der Waals surface area contributed by atoms with E-state index in [4.69, 9.17) is 24.8 Å². The largest absolute Gasteiger partial charge is 0.439 e. The van der Waals surface area contributed by atoms with Gasteiger partial charge >= 0.3 is 6.09 Å². The summed E-state index contributed by atoms with van der Waals surface area (Å²) in [5, 5.41) is 23.6. The van der Waals surface area contributed by atoms with Crippen LogP contribution in [0, 0.1) is 17.7 Å². The maximum absolute atomic E-state index is 14.0. The topological polar surface area (TPSA) is 217 Å². The van der Waals surface area contributed by atoms with Crippen LogP contribution in [0.3, 0.4) is 0 Å². The highest BCUT2D eigenvalue weighted by Gasteiger charge is 2.33. The van der Waals surface area contributed by atoms with Crippen molar-refractivity contribution in [1.82, 2.24) is 16.0 Å². The van der Waals surface area contributed by atoms with Crippen LogP contribution in [0.15, 0.2) is 87.9 Å². The number of fused-ring (bicyclic) bond motifs is 2. The molecule has 16 heteroatoms. The van der Waals surface area contributed by atoms with Crippen molar-refractivity contribution in [2.75, 3.05) is 33.9 Å². The number of oxime groups is 1. The standard InChI is InChI=1S/C42H56FN5O10/c1-25-19-31-37(46-18-9-7-8-17-45-36(50)24-57-47-23-29-13-15-30(43)16-14-29)33(49)22-32(39(31)52)48-41(53)26(2)11-10-12-34(55-5)40(58-42(44)54)28(4)21-27(3)38(51)35(20-25)56-6/h10-16,21-23,25,27,34-35,38,40,46,51H,7-9,17-20,24H2,1-6H3,(H2,44,54)(H,45,50)(H,48,53)/b12-10-,26-11+,28-21+,47-23+/t25-,27+,34?,35+,38-,40+/m1/s1. The third kappa shape index (κ3) is 14.8. The molecular formula is C42H56FN5O10. The number of amides is 3. The minimum Gasteiger partial charge on any atom is -0.439 e. The summed E-state index contributed by atoms with van der Waals surface area (Å²) < 4.78 is 29.7. The molecule has 3 rings (SSSR count). The van der Waals surface area contributed by atoms with E-state index in [0.717, 1.165) is 6.08 Å². The normalized spacial score (nSPS) is 26.1. The minimum absolute atomic E-state index is 0.134. The van der Waals surface area contributed by atoms with Crippen LogP contribution in [0.1, 0.15) is 65.4 Å². The number of ether oxygens (including phenoxy) is 3. The molecule has 1 heterocycles. The van der Waals surface area contributed by atoms with E-state index in [2.05, 4.69) is 21.1 Å². The number of benzene rings is 1. The molecule has 0 aromatic heterocycles. The lowest BCUT2D eigenvalue weighted by atomic mass is 9.85. The monoisotopic (exact) mass is 809 g/mol. The second-order valence-electron chi connectivity index (χ2n) is 14.3. The molecule has 0 saturated carbocycles. The summed E-state index contributed by atoms with van der Waals surface area (Å²) in [6.07, 6.45) is 6.75. The summed E-state index contributed by atoms with van der Waals surface area (Å²) in [4.78, 5) is 69.7. The van der Waals surface area contributed by atoms with Gasteiger partial charge in [0.2, 0.25) is 11.6 Å². The number of halogens is 1. The zero-order valence-corrected chi connectivity index (χ0v) is 33.9. The fraction of sp³-hybridized carbons (Fsp3) is 0.476. The third-order valence-electron chi connectivity index (χ3n) is 9.61. The Labute approximate surface area is 338 Å². The lowest BCUT2D eigenvalue weighted by molar-refractivity contribution is -0.125. The molecule has 0 saturated heterocycles. The molecule has 316 valence electrons. The molecule has 1 aliphatic heterocycles. The summed E-state index contributed by atoms with van der Waals surface area (Å²) in [6, 6.07) is 5.63. The summed E-state index contributed by atoms with van der Waals surface area (Å²) >= 11 is 0. The van der Waals surface area contributed by atoms with E-state index in [1.165, 1.54) is 63.8 Å². The van der Waals surface area contributed by atoms with Crippen LogP contribution in [0.4, 0.5) is 9.18 Å². The van der Waals surface area contributed by atoms with Gasteiger partial charge < -0.3 is 45.8 Å². The van der Waals surface area contributed by atoms with Crippen LogP contribution in [0.5, 0.6) is 0 Å². The molecule has 1 aliphatic carbocycles. The fourth-order valence-corrected chi connectivity index (χ4v) is 6.44. The SMILES string of the molecule is COC1/C=C\C=C(/C)C(=O)NC2=CC(=O)C(NCCCCCNC(=O)CO/N=C/c3ccc(F)cc3)=C(C[C@@H](C)C[C@H](OC)[C@H](O)[C@@H](C)/C=C(\C)[C@@H]1OC(N)=O)C2=O. The first-order chi connectivity index (χ1) is 27.6. The molecule has 1 unspecified atom stereocenters. The molecule has 2 bridgehead atoms. The van der Waals surface area contributed by atoms with Gasteiger partial charge in [0, 0.05) is 50.4 Å². The Bertz CT molecular complexity index is 1800. The highest BCUT2D eigenvalue weighted by molar-refractivity contribution is 6.23. The van der Waals surface area contributed by atoms with E-state index in [-0.39, 0.29) is 53.2 Å². The quantitative estimate of drug-likeness (QED) is 0.0599. The number of Topliss-reactive ketones (excluding diaryl/α,β-unsaturated/α-hetero) is 1. The zero-order valence-electron chi connectivity index (χ0n) is 33.9. The lowest BCUT2D eigenvalue weighted by Crippen LogP contribution is -2.38. The van der Waals surface area contributed by atoms with Crippen LogP contribution in [0.25, 0.3) is 0 Å². The van der Waals surface area contributed by atoms with Crippen molar-refractivity contribution < 1.29 is 52.5 Å². The minimum atomic E-state index is -1.02. The van der Waals surface area contributed by atoms with E-state index in [0.29, 0.717) is 49.9 Å². The van der Waals surface area contributed by atoms with Crippen LogP contribution >= 0.6 is 0 Å². The molecule has 1 aromatic rings. The van der Waals surface area contributed by atoms with Crippen molar-refractivity contribution >= 4 is 35.7 Å². The highest BCUT2D eigenvalue weighted by Crippen LogP contribution is 2.29. The number of hydrogen-bond donors (Lipinski definition) is 5. The number of carbonyl (C=O) groups excluding carboxylic acids is 5. The second kappa shape index (κ2) is 23.7. The van der Waals surface area contributed by atoms with Crippen molar-refractivity contribution in [2.45, 2.75) is 84.2 Å². The van der Waals surface area contributed by atoms with Crippen molar-refractivity contribution in [3.8, 4) is 0 Å². The predicted octanol–water partition coefficient (Wildman–Crippen LogP) is 3.83. The van der Waals surface area contributed by atoms with Crippen LogP contribution in [-0.4, -0.2) is 99.1 Å². The van der Waals surface area contributed by atoms with E-state index in [1.54, 1.807) is 26.0 Å². The Balaban J connectivity index is 1.72. The van der Waals surface area contributed by atoms with Crippen molar-refractivity contribution in [3.63, 3.8) is 0 Å². The van der Waals surface area contributed by atoms with E-state index in [1.807, 2.05) is 6.92 Å². The molecule has 6 atom stereocenters. The first kappa shape index (κ1) is 46.9. The number of aliphatic hydroxyl groups is 1. The Morgan fingerprint density at radius 1 is 1.05 bits per heavy atom. The lowest BCUT2D eigenvalue weighted by Gasteiger charge is -2.30. The molecule has 1 aromatic carbocycles. The van der Waals surface area contributed by atoms with Gasteiger partial charge in [0.15, 0.2) is 12.7 Å². The maximum atomic E-state index is 14.0. The van der Waals surface area contributed by atoms with Gasteiger partial charge in [-0.15, -0.1) is 0 Å². The van der Waals surface area contributed by atoms with Gasteiger partial charge in [-0.3, -0.25) is 19.2 Å². The summed E-state index contributed by atoms with van der Waals surface area (Å²) in [5.74, 6) is -3.07. The molecule has 0 spiro atoms. The predicted molar refractivity (Wildman–Crippen MR) is 214 cm³/mol. The Hall–Kier alpha value is -5.45. The first-order valence-electron chi connectivity index (χ1n) is 19.1. The van der Waals surface area contributed by atoms with Gasteiger partial charge in [0.05, 0.1) is 29.8 Å². The number of carbonyl (C=O) groups is 5. The fourth-order valence-electron chi connectivity index (χ4n) is 6.44. The van der Waals surface area contributed by atoms with Crippen molar-refractivity contribution in [1.29, 1.82) is 0 Å². The van der Waals surface area contributed by atoms with Crippen LogP contribution in [0.2, 0.25) is 0 Å². The third-order valence-corrected chi connectivity index (χ3v) is 9.61. The second-order valence-corrected chi connectivity index (χ2v) is 14.3. The van der Waals surface area contributed by atoms with Crippen LogP contribution in [-0.2, 0) is 38.2 Å². The Kier molecular flexibility index (Phi) is 19.2. The number of methoxy groups -OCH3 is 2. The summed E-state index contributed by atoms with van der Waals surface area (Å²) in [6.45, 7) is 7.39. The molecular weight excluding hydrogens is 753 g/mol. The van der Waals surface area contributed by atoms with Gasteiger partial charge in [-0.25, -0.2) is 9.18 Å². The number of ketones is 2. The average molecular weight is 810 g/mol. The number of allylic oxidation sites excluding steroid dienone is 4. The number of rotatable bonds is 14. The number of primary amides is 1. The summed E-state index contributed by atoms with van der Waals surface area (Å²) in [5.41, 5.74) is 6.95. The number of nitrogens with two attached hydrogens (primary N) is 1. The van der Waals surface area contributed by atoms with Gasteiger partial charge in [-0.2, -0.15) is 0 Å². The van der Waals surface area contributed by atoms with Gasteiger partial charge in [-0.05, 0) is 75.1 Å².